The van der Waals surface area contributed by atoms with Crippen LogP contribution in [0.5, 0.6) is 0 Å². The number of nitrogens with zero attached hydrogens (tertiary/aromatic N) is 1. The van der Waals surface area contributed by atoms with Crippen molar-refractivity contribution in [3.05, 3.63) is 16.1 Å². The number of thiazole rings is 1. The van der Waals surface area contributed by atoms with Crippen LogP contribution < -0.4 is 5.32 Å². The summed E-state index contributed by atoms with van der Waals surface area (Å²) in [6, 6.07) is 0. The van der Waals surface area contributed by atoms with Gasteiger partial charge in [0.1, 0.15) is 0 Å². The van der Waals surface area contributed by atoms with Gasteiger partial charge in [0.05, 0.1) is 5.01 Å². The van der Waals surface area contributed by atoms with Crippen LogP contribution >= 0.6 is 11.3 Å². The Balaban J connectivity index is 1.46. The SMILES string of the molecule is CC1(CNCc2cnc(C3CC3)s2)CCC1. The molecule has 2 fully saturated rings. The van der Waals surface area contributed by atoms with Crippen LogP contribution in [0.1, 0.15) is 54.8 Å². The lowest BCUT2D eigenvalue weighted by Gasteiger charge is -2.38. The lowest BCUT2D eigenvalue weighted by atomic mass is 9.70. The molecule has 0 atom stereocenters. The van der Waals surface area contributed by atoms with Gasteiger partial charge < -0.3 is 5.32 Å². The van der Waals surface area contributed by atoms with E-state index in [4.69, 9.17) is 0 Å². The molecule has 1 aromatic heterocycles. The minimum absolute atomic E-state index is 0.587. The average molecular weight is 236 g/mol. The molecule has 1 aromatic rings. The van der Waals surface area contributed by atoms with Crippen molar-refractivity contribution in [3.63, 3.8) is 0 Å². The van der Waals surface area contributed by atoms with Crippen LogP contribution in [0.3, 0.4) is 0 Å². The van der Waals surface area contributed by atoms with E-state index in [1.807, 2.05) is 11.3 Å². The maximum atomic E-state index is 4.51. The molecular formula is C13H20N2S. The Labute approximate surface area is 101 Å². The predicted molar refractivity (Wildman–Crippen MR) is 67.8 cm³/mol. The van der Waals surface area contributed by atoms with Crippen molar-refractivity contribution in [2.24, 2.45) is 5.41 Å². The molecule has 16 heavy (non-hydrogen) atoms. The Bertz CT molecular complexity index is 364. The van der Waals surface area contributed by atoms with Crippen LogP contribution in [0.4, 0.5) is 0 Å². The second-order valence-electron chi connectivity index (χ2n) is 5.71. The number of rotatable bonds is 5. The molecule has 3 rings (SSSR count). The number of aromatic nitrogens is 1. The van der Waals surface area contributed by atoms with Crippen molar-refractivity contribution in [1.82, 2.24) is 10.3 Å². The fourth-order valence-corrected chi connectivity index (χ4v) is 3.42. The first kappa shape index (κ1) is 10.7. The molecule has 88 valence electrons. The van der Waals surface area contributed by atoms with Gasteiger partial charge >= 0.3 is 0 Å². The minimum atomic E-state index is 0.587. The normalized spacial score (nSPS) is 23.1. The van der Waals surface area contributed by atoms with Crippen molar-refractivity contribution < 1.29 is 0 Å². The second-order valence-corrected chi connectivity index (χ2v) is 6.85. The highest BCUT2D eigenvalue weighted by Crippen LogP contribution is 2.42. The van der Waals surface area contributed by atoms with E-state index >= 15 is 0 Å². The zero-order valence-corrected chi connectivity index (χ0v) is 10.8. The van der Waals surface area contributed by atoms with E-state index < -0.39 is 0 Å². The fourth-order valence-electron chi connectivity index (χ4n) is 2.37. The zero-order valence-electron chi connectivity index (χ0n) is 9.96. The Kier molecular flexibility index (Phi) is 2.76. The van der Waals surface area contributed by atoms with Crippen molar-refractivity contribution in [3.8, 4) is 0 Å². The summed E-state index contributed by atoms with van der Waals surface area (Å²) >= 11 is 1.91. The van der Waals surface area contributed by atoms with Crippen molar-refractivity contribution in [2.45, 2.75) is 51.5 Å². The Morgan fingerprint density at radius 2 is 2.31 bits per heavy atom. The molecule has 0 aliphatic heterocycles. The highest BCUT2D eigenvalue weighted by molar-refractivity contribution is 7.11. The van der Waals surface area contributed by atoms with Crippen LogP contribution in [0, 0.1) is 5.41 Å². The van der Waals surface area contributed by atoms with E-state index in [1.54, 1.807) is 0 Å². The zero-order chi connectivity index (χ0) is 11.0. The van der Waals surface area contributed by atoms with E-state index in [0.29, 0.717) is 5.41 Å². The molecule has 0 unspecified atom stereocenters. The molecule has 0 bridgehead atoms. The Morgan fingerprint density at radius 1 is 1.50 bits per heavy atom. The van der Waals surface area contributed by atoms with Crippen molar-refractivity contribution >= 4 is 11.3 Å². The largest absolute Gasteiger partial charge is 0.311 e. The van der Waals surface area contributed by atoms with Gasteiger partial charge in [-0.2, -0.15) is 0 Å². The van der Waals surface area contributed by atoms with Gasteiger partial charge in [0, 0.05) is 30.1 Å². The van der Waals surface area contributed by atoms with Gasteiger partial charge in [-0.25, -0.2) is 4.98 Å². The molecule has 1 N–H and O–H groups in total. The van der Waals surface area contributed by atoms with Gasteiger partial charge in [-0.05, 0) is 31.1 Å². The summed E-state index contributed by atoms with van der Waals surface area (Å²) in [6.45, 7) is 4.58. The van der Waals surface area contributed by atoms with Gasteiger partial charge in [0.25, 0.3) is 0 Å². The quantitative estimate of drug-likeness (QED) is 0.848. The van der Waals surface area contributed by atoms with Crippen LogP contribution in [-0.2, 0) is 6.54 Å². The number of hydrogen-bond acceptors (Lipinski definition) is 3. The lowest BCUT2D eigenvalue weighted by Crippen LogP contribution is -2.36. The maximum Gasteiger partial charge on any atom is 0.0959 e. The smallest absolute Gasteiger partial charge is 0.0959 e. The highest BCUT2D eigenvalue weighted by Gasteiger charge is 2.31. The summed E-state index contributed by atoms with van der Waals surface area (Å²) < 4.78 is 0. The fraction of sp³-hybridized carbons (Fsp3) is 0.769. The summed E-state index contributed by atoms with van der Waals surface area (Å²) in [4.78, 5) is 5.91. The van der Waals surface area contributed by atoms with Crippen LogP contribution in [0.15, 0.2) is 6.20 Å². The van der Waals surface area contributed by atoms with Gasteiger partial charge in [0.15, 0.2) is 0 Å². The monoisotopic (exact) mass is 236 g/mol. The van der Waals surface area contributed by atoms with Gasteiger partial charge in [-0.1, -0.05) is 13.3 Å². The van der Waals surface area contributed by atoms with E-state index in [9.17, 15) is 0 Å². The molecule has 0 saturated heterocycles. The third kappa shape index (κ3) is 2.30. The summed E-state index contributed by atoms with van der Waals surface area (Å²) in [5.41, 5.74) is 0.587. The van der Waals surface area contributed by atoms with Gasteiger partial charge in [-0.3, -0.25) is 0 Å². The Hall–Kier alpha value is -0.410. The standard InChI is InChI=1S/C13H20N2S/c1-13(5-2-6-13)9-14-7-11-8-15-12(16-11)10-3-4-10/h8,10,14H,2-7,9H2,1H3. The summed E-state index contributed by atoms with van der Waals surface area (Å²) in [7, 11) is 0. The van der Waals surface area contributed by atoms with E-state index in [0.717, 1.165) is 12.5 Å². The molecule has 0 radical (unpaired) electrons. The summed E-state index contributed by atoms with van der Waals surface area (Å²) in [5.74, 6) is 0.808. The maximum absolute atomic E-state index is 4.51. The molecule has 1 heterocycles. The highest BCUT2D eigenvalue weighted by atomic mass is 32.1. The topological polar surface area (TPSA) is 24.9 Å². The predicted octanol–water partition coefficient (Wildman–Crippen LogP) is 3.30. The minimum Gasteiger partial charge on any atom is -0.311 e. The lowest BCUT2D eigenvalue weighted by molar-refractivity contribution is 0.156. The molecular weight excluding hydrogens is 216 g/mol. The van der Waals surface area contributed by atoms with Crippen LogP contribution in [-0.4, -0.2) is 11.5 Å². The molecule has 3 heteroatoms. The molecule has 2 saturated carbocycles. The summed E-state index contributed by atoms with van der Waals surface area (Å²) in [6.07, 6.45) is 9.00. The van der Waals surface area contributed by atoms with E-state index in [-0.39, 0.29) is 0 Å². The van der Waals surface area contributed by atoms with Crippen molar-refractivity contribution in [2.75, 3.05) is 6.54 Å². The summed E-state index contributed by atoms with van der Waals surface area (Å²) in [5, 5.41) is 4.95. The molecule has 2 aliphatic rings. The third-order valence-electron chi connectivity index (χ3n) is 3.91. The molecule has 0 spiro atoms. The van der Waals surface area contributed by atoms with E-state index in [1.165, 1.54) is 48.5 Å². The third-order valence-corrected chi connectivity index (χ3v) is 5.07. The first-order valence-electron chi connectivity index (χ1n) is 6.41. The first-order valence-corrected chi connectivity index (χ1v) is 7.22. The first-order chi connectivity index (χ1) is 7.75. The molecule has 2 aliphatic carbocycles. The molecule has 2 nitrogen and oxygen atoms in total. The molecule has 0 amide bonds. The van der Waals surface area contributed by atoms with Crippen LogP contribution in [0.25, 0.3) is 0 Å². The van der Waals surface area contributed by atoms with Gasteiger partial charge in [0.2, 0.25) is 0 Å². The van der Waals surface area contributed by atoms with Crippen LogP contribution in [0.2, 0.25) is 0 Å². The molecule has 0 aromatic carbocycles. The van der Waals surface area contributed by atoms with Gasteiger partial charge in [-0.15, -0.1) is 11.3 Å². The van der Waals surface area contributed by atoms with E-state index in [2.05, 4.69) is 23.4 Å². The average Bonchev–Trinajstić information content (AvgIpc) is 2.97. The van der Waals surface area contributed by atoms with Crippen molar-refractivity contribution in [1.29, 1.82) is 0 Å². The second kappa shape index (κ2) is 4.11. The Morgan fingerprint density at radius 3 is 2.94 bits per heavy atom. The number of hydrogen-bond donors (Lipinski definition) is 1. The number of nitrogens with one attached hydrogen (secondary N) is 1.